The average molecular weight is 450 g/mol. The number of fused-ring (bicyclic) bond motifs is 1. The number of amides is 1. The van der Waals surface area contributed by atoms with E-state index in [-0.39, 0.29) is 17.5 Å². The number of hydrogen-bond acceptors (Lipinski definition) is 4. The van der Waals surface area contributed by atoms with Gasteiger partial charge in [0.15, 0.2) is 0 Å². The highest BCUT2D eigenvalue weighted by atomic mass is 32.1. The third kappa shape index (κ3) is 4.06. The van der Waals surface area contributed by atoms with Gasteiger partial charge in [0.05, 0.1) is 34.4 Å². The molecule has 1 fully saturated rings. The smallest absolute Gasteiger partial charge is 0.253 e. The number of hydrogen-bond donors (Lipinski definition) is 2. The van der Waals surface area contributed by atoms with E-state index in [0.29, 0.717) is 18.4 Å². The molecule has 1 aromatic carbocycles. The Bertz CT molecular complexity index is 1230. The Labute approximate surface area is 189 Å². The van der Waals surface area contributed by atoms with Crippen molar-refractivity contribution in [2.75, 3.05) is 0 Å². The van der Waals surface area contributed by atoms with Crippen LogP contribution in [0.4, 0.5) is 4.39 Å². The highest BCUT2D eigenvalue weighted by molar-refractivity contribution is 7.07. The molecule has 5 rings (SSSR count). The normalized spacial score (nSPS) is 18.7. The minimum atomic E-state index is -0.554. The Morgan fingerprint density at radius 2 is 2.03 bits per heavy atom. The third-order valence-electron chi connectivity index (χ3n) is 6.18. The molecule has 1 amide bonds. The number of carbonyl (C=O) groups is 1. The summed E-state index contributed by atoms with van der Waals surface area (Å²) in [5.41, 5.74) is 6.26. The lowest BCUT2D eigenvalue weighted by molar-refractivity contribution is 0.0718. The maximum Gasteiger partial charge on any atom is 0.253 e. The first-order valence-electron chi connectivity index (χ1n) is 10.8. The molecule has 0 saturated heterocycles. The van der Waals surface area contributed by atoms with Gasteiger partial charge in [0.1, 0.15) is 5.82 Å². The molecule has 3 aromatic heterocycles. The number of halogens is 1. The van der Waals surface area contributed by atoms with Crippen LogP contribution in [0.15, 0.2) is 59.6 Å². The number of pyridine rings is 1. The zero-order valence-corrected chi connectivity index (χ0v) is 18.3. The van der Waals surface area contributed by atoms with Crippen molar-refractivity contribution in [3.8, 4) is 11.3 Å². The molecule has 2 N–H and O–H groups in total. The van der Waals surface area contributed by atoms with E-state index in [1.54, 1.807) is 34.1 Å². The number of nitrogens with one attached hydrogen (secondary N) is 1. The van der Waals surface area contributed by atoms with Crippen molar-refractivity contribution >= 4 is 22.8 Å². The van der Waals surface area contributed by atoms with Crippen LogP contribution < -0.4 is 5.32 Å². The first-order chi connectivity index (χ1) is 15.6. The van der Waals surface area contributed by atoms with Crippen LogP contribution in [0.1, 0.15) is 47.3 Å². The zero-order valence-electron chi connectivity index (χ0n) is 17.5. The topological polar surface area (TPSA) is 66.6 Å². The standard InChI is InChI=1S/C25H24FN3O2S/c26-20-4-3-11-29-18(12-16-7-9-17(10-8-16)22-14-32-15-27-22)13-19(24(20)29)25(31)28-21-5-1-2-6-23(21)30/h3-4,7-11,13-15,21,23,30H,1-2,5-6,12H2,(H,28,31)/t21-,23-/m0/s1. The third-order valence-corrected chi connectivity index (χ3v) is 6.76. The summed E-state index contributed by atoms with van der Waals surface area (Å²) in [5, 5.41) is 15.2. The number of aromatic nitrogens is 2. The summed E-state index contributed by atoms with van der Waals surface area (Å²) in [7, 11) is 0. The van der Waals surface area contributed by atoms with Gasteiger partial charge in [-0.05, 0) is 36.6 Å². The molecule has 5 nitrogen and oxygen atoms in total. The molecule has 164 valence electrons. The number of benzene rings is 1. The quantitative estimate of drug-likeness (QED) is 0.459. The van der Waals surface area contributed by atoms with Crippen LogP contribution in [-0.2, 0) is 6.42 Å². The molecule has 1 aliphatic carbocycles. The second-order valence-electron chi connectivity index (χ2n) is 8.30. The van der Waals surface area contributed by atoms with Crippen molar-refractivity contribution in [3.05, 3.63) is 82.2 Å². The van der Waals surface area contributed by atoms with Gasteiger partial charge in [-0.25, -0.2) is 9.37 Å². The highest BCUT2D eigenvalue weighted by Crippen LogP contribution is 2.25. The summed E-state index contributed by atoms with van der Waals surface area (Å²) in [6.45, 7) is 0. The zero-order chi connectivity index (χ0) is 22.1. The van der Waals surface area contributed by atoms with Gasteiger partial charge < -0.3 is 14.8 Å². The van der Waals surface area contributed by atoms with Gasteiger partial charge in [-0.2, -0.15) is 0 Å². The minimum absolute atomic E-state index is 0.268. The Morgan fingerprint density at radius 1 is 1.22 bits per heavy atom. The van der Waals surface area contributed by atoms with Crippen LogP contribution in [0.5, 0.6) is 0 Å². The Kier molecular flexibility index (Phi) is 5.76. The van der Waals surface area contributed by atoms with Gasteiger partial charge in [0, 0.05) is 29.3 Å². The molecule has 2 atom stereocenters. The molecule has 0 aliphatic heterocycles. The Hall–Kier alpha value is -3.03. The summed E-state index contributed by atoms with van der Waals surface area (Å²) in [6, 6.07) is 12.6. The maximum absolute atomic E-state index is 14.8. The number of thiazole rings is 1. The van der Waals surface area contributed by atoms with Crippen molar-refractivity contribution in [3.63, 3.8) is 0 Å². The number of nitrogens with zero attached hydrogens (tertiary/aromatic N) is 2. The summed E-state index contributed by atoms with van der Waals surface area (Å²) >= 11 is 1.56. The number of rotatable bonds is 5. The molecule has 32 heavy (non-hydrogen) atoms. The summed E-state index contributed by atoms with van der Waals surface area (Å²) in [4.78, 5) is 17.4. The van der Waals surface area contributed by atoms with Crippen LogP contribution in [0.25, 0.3) is 16.8 Å². The summed E-state index contributed by atoms with van der Waals surface area (Å²) < 4.78 is 16.5. The number of carbonyl (C=O) groups excluding carboxylic acids is 1. The van der Waals surface area contributed by atoms with Crippen LogP contribution in [-0.4, -0.2) is 32.5 Å². The fourth-order valence-electron chi connectivity index (χ4n) is 4.48. The van der Waals surface area contributed by atoms with Gasteiger partial charge in [-0.15, -0.1) is 11.3 Å². The second-order valence-corrected chi connectivity index (χ2v) is 9.02. The molecule has 0 bridgehead atoms. The van der Waals surface area contributed by atoms with Gasteiger partial charge >= 0.3 is 0 Å². The molecular weight excluding hydrogens is 425 g/mol. The average Bonchev–Trinajstić information content (AvgIpc) is 3.46. The lowest BCUT2D eigenvalue weighted by Gasteiger charge is -2.28. The lowest BCUT2D eigenvalue weighted by atomic mass is 9.92. The molecule has 0 spiro atoms. The first-order valence-corrected chi connectivity index (χ1v) is 11.8. The van der Waals surface area contributed by atoms with Gasteiger partial charge in [-0.1, -0.05) is 37.1 Å². The van der Waals surface area contributed by atoms with E-state index in [0.717, 1.165) is 41.8 Å². The van der Waals surface area contributed by atoms with E-state index in [1.165, 1.54) is 6.07 Å². The van der Waals surface area contributed by atoms with E-state index in [9.17, 15) is 14.3 Å². The molecule has 1 aliphatic rings. The maximum atomic E-state index is 14.8. The summed E-state index contributed by atoms with van der Waals surface area (Å²) in [6.07, 6.45) is 5.13. The lowest BCUT2D eigenvalue weighted by Crippen LogP contribution is -2.45. The molecular formula is C25H24FN3O2S. The van der Waals surface area contributed by atoms with Crippen molar-refractivity contribution in [2.24, 2.45) is 0 Å². The predicted octanol–water partition coefficient (Wildman–Crippen LogP) is 4.83. The first kappa shape index (κ1) is 20.8. The van der Waals surface area contributed by atoms with E-state index >= 15 is 0 Å². The van der Waals surface area contributed by atoms with Gasteiger partial charge in [0.2, 0.25) is 0 Å². The van der Waals surface area contributed by atoms with E-state index in [4.69, 9.17) is 0 Å². The van der Waals surface area contributed by atoms with Crippen LogP contribution in [0.3, 0.4) is 0 Å². The van der Waals surface area contributed by atoms with Gasteiger partial charge in [-0.3, -0.25) is 4.79 Å². The molecule has 4 aromatic rings. The predicted molar refractivity (Wildman–Crippen MR) is 123 cm³/mol. The monoisotopic (exact) mass is 449 g/mol. The summed E-state index contributed by atoms with van der Waals surface area (Å²) in [5.74, 6) is -0.782. The van der Waals surface area contributed by atoms with E-state index in [2.05, 4.69) is 10.3 Å². The largest absolute Gasteiger partial charge is 0.391 e. The van der Waals surface area contributed by atoms with Gasteiger partial charge in [0.25, 0.3) is 5.91 Å². The number of aliphatic hydroxyl groups is 1. The van der Waals surface area contributed by atoms with E-state index < -0.39 is 11.9 Å². The Balaban J connectivity index is 1.44. The van der Waals surface area contributed by atoms with Crippen molar-refractivity contribution < 1.29 is 14.3 Å². The van der Waals surface area contributed by atoms with Crippen molar-refractivity contribution in [1.29, 1.82) is 0 Å². The molecule has 3 heterocycles. The number of aliphatic hydroxyl groups excluding tert-OH is 1. The van der Waals surface area contributed by atoms with Crippen LogP contribution in [0.2, 0.25) is 0 Å². The molecule has 1 saturated carbocycles. The highest BCUT2D eigenvalue weighted by Gasteiger charge is 2.27. The van der Waals surface area contributed by atoms with Crippen molar-refractivity contribution in [1.82, 2.24) is 14.7 Å². The fourth-order valence-corrected chi connectivity index (χ4v) is 5.04. The molecule has 7 heteroatoms. The molecule has 0 unspecified atom stereocenters. The second kappa shape index (κ2) is 8.84. The fraction of sp³-hybridized carbons (Fsp3) is 0.280. The van der Waals surface area contributed by atoms with Crippen LogP contribution in [0, 0.1) is 5.82 Å². The van der Waals surface area contributed by atoms with Crippen LogP contribution >= 0.6 is 11.3 Å². The minimum Gasteiger partial charge on any atom is -0.391 e. The van der Waals surface area contributed by atoms with Crippen molar-refractivity contribution in [2.45, 2.75) is 44.2 Å². The Morgan fingerprint density at radius 3 is 2.78 bits per heavy atom. The molecule has 0 radical (unpaired) electrons. The SMILES string of the molecule is O=C(N[C@H]1CCCC[C@@H]1O)c1cc(Cc2ccc(-c3cscn3)cc2)n2cccc(F)c12. The van der Waals surface area contributed by atoms with E-state index in [1.807, 2.05) is 35.2 Å².